The largest absolute Gasteiger partial charge is 0.235 e. The van der Waals surface area contributed by atoms with E-state index in [1.165, 1.54) is 0 Å². The quantitative estimate of drug-likeness (QED) is 0.572. The summed E-state index contributed by atoms with van der Waals surface area (Å²) in [5.74, 6) is 0. The lowest BCUT2D eigenvalue weighted by molar-refractivity contribution is 0.556. The van der Waals surface area contributed by atoms with Crippen molar-refractivity contribution in [2.45, 2.75) is 18.4 Å². The van der Waals surface area contributed by atoms with Gasteiger partial charge >= 0.3 is 0 Å². The minimum absolute atomic E-state index is 0.387. The lowest BCUT2D eigenvalue weighted by Crippen LogP contribution is -2.02. The van der Waals surface area contributed by atoms with Gasteiger partial charge in [0.2, 0.25) is 11.7 Å². The fourth-order valence-electron chi connectivity index (χ4n) is 1.67. The van der Waals surface area contributed by atoms with Gasteiger partial charge in [-0.25, -0.2) is 9.78 Å². The molecule has 0 unspecified atom stereocenters. The zero-order chi connectivity index (χ0) is 10.3. The van der Waals surface area contributed by atoms with E-state index in [-0.39, 0.29) is 5.54 Å². The summed E-state index contributed by atoms with van der Waals surface area (Å²) in [7, 11) is 0. The Kier molecular flexibility index (Phi) is 1.49. The van der Waals surface area contributed by atoms with Crippen LogP contribution in [0.3, 0.4) is 0 Å². The minimum Gasteiger partial charge on any atom is -0.233 e. The third-order valence-electron chi connectivity index (χ3n) is 2.69. The number of H-pyrrole nitrogens is 1. The second kappa shape index (κ2) is 2.71. The van der Waals surface area contributed by atoms with Crippen LogP contribution in [0.2, 0.25) is 0 Å². The molecule has 1 aliphatic carbocycles. The highest BCUT2D eigenvalue weighted by Crippen LogP contribution is 2.49. The first kappa shape index (κ1) is 8.26. The fourth-order valence-corrected chi connectivity index (χ4v) is 1.67. The fraction of sp³-hybridized carbons (Fsp3) is 0.333. The molecule has 0 saturated heterocycles. The van der Waals surface area contributed by atoms with Crippen LogP contribution >= 0.6 is 0 Å². The predicted molar refractivity (Wildman–Crippen MR) is 50.7 cm³/mol. The first-order valence-corrected chi connectivity index (χ1v) is 4.60. The average molecular weight is 201 g/mol. The van der Waals surface area contributed by atoms with Crippen molar-refractivity contribution < 1.29 is 4.79 Å². The van der Waals surface area contributed by atoms with Crippen LogP contribution in [0.5, 0.6) is 0 Å². The van der Waals surface area contributed by atoms with Crippen LogP contribution in [0.15, 0.2) is 17.3 Å². The number of rotatable bonds is 2. The molecule has 15 heavy (non-hydrogen) atoms. The number of nitrogens with zero attached hydrogens (tertiary/aromatic N) is 4. The van der Waals surface area contributed by atoms with Crippen LogP contribution in [0.25, 0.3) is 11.2 Å². The molecule has 1 fully saturated rings. The van der Waals surface area contributed by atoms with Gasteiger partial charge < -0.3 is 0 Å². The lowest BCUT2D eigenvalue weighted by Gasteiger charge is -2.05. The van der Waals surface area contributed by atoms with E-state index in [0.717, 1.165) is 18.4 Å². The standard InChI is InChI=1S/C9H7N5O/c15-5-11-9(1-2-9)6-3-7-8(10-4-6)13-14-12-7/h3-4H,1-2H2,(H,10,12,13,14). The van der Waals surface area contributed by atoms with Gasteiger partial charge in [-0.05, 0) is 18.9 Å². The Morgan fingerprint density at radius 1 is 1.47 bits per heavy atom. The maximum Gasteiger partial charge on any atom is 0.235 e. The molecule has 0 spiro atoms. The van der Waals surface area contributed by atoms with E-state index in [9.17, 15) is 4.79 Å². The van der Waals surface area contributed by atoms with Crippen molar-refractivity contribution in [2.75, 3.05) is 0 Å². The van der Waals surface area contributed by atoms with Crippen LogP contribution in [0.1, 0.15) is 18.4 Å². The van der Waals surface area contributed by atoms with Gasteiger partial charge in [0, 0.05) is 11.8 Å². The third kappa shape index (κ3) is 1.15. The molecule has 1 aliphatic rings. The van der Waals surface area contributed by atoms with Crippen molar-refractivity contribution in [2.24, 2.45) is 4.99 Å². The van der Waals surface area contributed by atoms with Gasteiger partial charge in [-0.2, -0.15) is 15.3 Å². The van der Waals surface area contributed by atoms with Crippen molar-refractivity contribution in [1.82, 2.24) is 20.4 Å². The molecule has 0 aliphatic heterocycles. The molecule has 1 saturated carbocycles. The van der Waals surface area contributed by atoms with E-state index < -0.39 is 0 Å². The van der Waals surface area contributed by atoms with E-state index >= 15 is 0 Å². The summed E-state index contributed by atoms with van der Waals surface area (Å²) >= 11 is 0. The van der Waals surface area contributed by atoms with Gasteiger partial charge in [-0.1, -0.05) is 0 Å². The molecule has 0 radical (unpaired) electrons. The van der Waals surface area contributed by atoms with Crippen molar-refractivity contribution in [3.63, 3.8) is 0 Å². The second-order valence-electron chi connectivity index (χ2n) is 3.63. The zero-order valence-electron chi connectivity index (χ0n) is 7.77. The summed E-state index contributed by atoms with van der Waals surface area (Å²) in [5.41, 5.74) is 1.79. The molecular formula is C9H7N5O. The molecule has 0 amide bonds. The van der Waals surface area contributed by atoms with Gasteiger partial charge in [0.1, 0.15) is 5.52 Å². The summed E-state index contributed by atoms with van der Waals surface area (Å²) in [6.45, 7) is 0. The number of fused-ring (bicyclic) bond motifs is 1. The Labute approximate surface area is 84.4 Å². The smallest absolute Gasteiger partial charge is 0.233 e. The second-order valence-corrected chi connectivity index (χ2v) is 3.63. The maximum absolute atomic E-state index is 10.3. The van der Waals surface area contributed by atoms with Gasteiger partial charge in [0.05, 0.1) is 5.54 Å². The van der Waals surface area contributed by atoms with Gasteiger partial charge in [0.25, 0.3) is 0 Å². The van der Waals surface area contributed by atoms with Crippen molar-refractivity contribution in [3.05, 3.63) is 17.8 Å². The third-order valence-corrected chi connectivity index (χ3v) is 2.69. The van der Waals surface area contributed by atoms with Crippen LogP contribution in [-0.2, 0) is 10.3 Å². The number of hydrogen-bond acceptors (Lipinski definition) is 5. The van der Waals surface area contributed by atoms with E-state index in [2.05, 4.69) is 25.4 Å². The first-order valence-electron chi connectivity index (χ1n) is 4.60. The van der Waals surface area contributed by atoms with Crippen molar-refractivity contribution >= 4 is 17.2 Å². The Morgan fingerprint density at radius 3 is 3.07 bits per heavy atom. The summed E-state index contributed by atoms with van der Waals surface area (Å²) in [4.78, 5) is 18.3. The Hall–Kier alpha value is -2.07. The topological polar surface area (TPSA) is 83.9 Å². The van der Waals surface area contributed by atoms with Gasteiger partial charge in [-0.15, -0.1) is 5.10 Å². The number of pyridine rings is 1. The summed E-state index contributed by atoms with van der Waals surface area (Å²) < 4.78 is 0. The van der Waals surface area contributed by atoms with Crippen LogP contribution in [0.4, 0.5) is 0 Å². The minimum atomic E-state index is -0.387. The molecule has 6 nitrogen and oxygen atoms in total. The number of aliphatic imine (C=N–C) groups is 1. The maximum atomic E-state index is 10.3. The monoisotopic (exact) mass is 201 g/mol. The molecule has 2 aromatic rings. The SMILES string of the molecule is O=C=NC1(c2cnc3n[nH]nc3c2)CC1. The van der Waals surface area contributed by atoms with Crippen molar-refractivity contribution in [1.29, 1.82) is 0 Å². The van der Waals surface area contributed by atoms with E-state index in [1.807, 2.05) is 6.07 Å². The van der Waals surface area contributed by atoms with E-state index in [0.29, 0.717) is 11.2 Å². The number of aromatic amines is 1. The molecule has 0 bridgehead atoms. The summed E-state index contributed by atoms with van der Waals surface area (Å²) in [6.07, 6.45) is 5.04. The number of aromatic nitrogens is 4. The Bertz CT molecular complexity index is 565. The number of isocyanates is 1. The number of hydrogen-bond donors (Lipinski definition) is 1. The van der Waals surface area contributed by atoms with E-state index in [4.69, 9.17) is 0 Å². The molecule has 2 heterocycles. The highest BCUT2D eigenvalue weighted by atomic mass is 16.1. The predicted octanol–water partition coefficient (Wildman–Crippen LogP) is 0.678. The average Bonchev–Trinajstić information content (AvgIpc) is 2.89. The molecule has 2 aromatic heterocycles. The summed E-state index contributed by atoms with van der Waals surface area (Å²) in [5, 5.41) is 10.3. The molecule has 6 heteroatoms. The van der Waals surface area contributed by atoms with Crippen LogP contribution in [-0.4, -0.2) is 26.5 Å². The molecule has 0 atom stereocenters. The van der Waals surface area contributed by atoms with Crippen LogP contribution in [0, 0.1) is 0 Å². The number of nitrogens with one attached hydrogen (secondary N) is 1. The Balaban J connectivity index is 2.15. The Morgan fingerprint density at radius 2 is 2.33 bits per heavy atom. The molecule has 0 aromatic carbocycles. The molecule has 74 valence electrons. The van der Waals surface area contributed by atoms with Gasteiger partial charge in [0.15, 0.2) is 0 Å². The van der Waals surface area contributed by atoms with Gasteiger partial charge in [-0.3, -0.25) is 0 Å². The lowest BCUT2D eigenvalue weighted by atomic mass is 10.1. The highest BCUT2D eigenvalue weighted by Gasteiger charge is 2.45. The van der Waals surface area contributed by atoms with E-state index in [1.54, 1.807) is 12.3 Å². The molecular weight excluding hydrogens is 194 g/mol. The highest BCUT2D eigenvalue weighted by molar-refractivity contribution is 5.69. The summed E-state index contributed by atoms with van der Waals surface area (Å²) in [6, 6.07) is 1.86. The zero-order valence-corrected chi connectivity index (χ0v) is 7.77. The molecule has 1 N–H and O–H groups in total. The normalized spacial score (nSPS) is 17.3. The van der Waals surface area contributed by atoms with Crippen LogP contribution < -0.4 is 0 Å². The molecule has 3 rings (SSSR count). The first-order chi connectivity index (χ1) is 7.34. The van der Waals surface area contributed by atoms with Crippen molar-refractivity contribution in [3.8, 4) is 0 Å². The number of carbonyl (C=O) groups excluding carboxylic acids is 1.